The molecule has 1 fully saturated rings. The molecule has 1 amide bonds. The van der Waals surface area contributed by atoms with E-state index in [-0.39, 0.29) is 5.91 Å². The normalized spacial score (nSPS) is 14.8. The predicted molar refractivity (Wildman–Crippen MR) is 114 cm³/mol. The maximum atomic E-state index is 12.1. The van der Waals surface area contributed by atoms with Gasteiger partial charge in [-0.25, -0.2) is 0 Å². The largest absolute Gasteiger partial charge is 0.496 e. The third kappa shape index (κ3) is 6.15. The first kappa shape index (κ1) is 20.0. The first-order valence-corrected chi connectivity index (χ1v) is 10.1. The van der Waals surface area contributed by atoms with Gasteiger partial charge in [-0.15, -0.1) is 0 Å². The molecule has 1 saturated carbocycles. The Morgan fingerprint density at radius 2 is 1.82 bits per heavy atom. The second-order valence-corrected chi connectivity index (χ2v) is 7.23. The molecule has 1 aliphatic carbocycles. The summed E-state index contributed by atoms with van der Waals surface area (Å²) in [6, 6.07) is 15.1. The van der Waals surface area contributed by atoms with Crippen LogP contribution in [0.15, 0.2) is 54.6 Å². The van der Waals surface area contributed by atoms with Crippen molar-refractivity contribution < 1.29 is 14.3 Å². The highest BCUT2D eigenvalue weighted by molar-refractivity contribution is 6.02. The number of anilines is 1. The Kier molecular flexibility index (Phi) is 7.53. The summed E-state index contributed by atoms with van der Waals surface area (Å²) in [5, 5.41) is 2.86. The van der Waals surface area contributed by atoms with Crippen LogP contribution in [0.5, 0.6) is 11.5 Å². The lowest BCUT2D eigenvalue weighted by Gasteiger charge is -2.21. The lowest BCUT2D eigenvalue weighted by molar-refractivity contribution is -0.111. The van der Waals surface area contributed by atoms with Crippen LogP contribution in [0, 0.1) is 5.92 Å². The first-order valence-electron chi connectivity index (χ1n) is 10.1. The topological polar surface area (TPSA) is 47.6 Å². The zero-order valence-corrected chi connectivity index (χ0v) is 16.5. The summed E-state index contributed by atoms with van der Waals surface area (Å²) >= 11 is 0. The van der Waals surface area contributed by atoms with E-state index in [1.807, 2.05) is 48.5 Å². The zero-order valence-electron chi connectivity index (χ0n) is 16.5. The lowest BCUT2D eigenvalue weighted by atomic mass is 9.87. The quantitative estimate of drug-likeness (QED) is 0.599. The zero-order chi connectivity index (χ0) is 19.6. The fraction of sp³-hybridized carbons (Fsp3) is 0.375. The van der Waals surface area contributed by atoms with E-state index in [0.717, 1.165) is 41.7 Å². The molecule has 148 valence electrons. The van der Waals surface area contributed by atoms with Crippen molar-refractivity contribution in [3.05, 3.63) is 60.2 Å². The molecule has 28 heavy (non-hydrogen) atoms. The number of carbonyl (C=O) groups is 1. The fourth-order valence-electron chi connectivity index (χ4n) is 3.61. The van der Waals surface area contributed by atoms with Crippen LogP contribution < -0.4 is 14.8 Å². The van der Waals surface area contributed by atoms with Crippen LogP contribution in [-0.4, -0.2) is 19.6 Å². The molecule has 1 N–H and O–H groups in total. The van der Waals surface area contributed by atoms with Crippen molar-refractivity contribution in [1.82, 2.24) is 0 Å². The number of ether oxygens (including phenoxy) is 2. The van der Waals surface area contributed by atoms with Gasteiger partial charge in [0.2, 0.25) is 5.91 Å². The maximum Gasteiger partial charge on any atom is 0.248 e. The van der Waals surface area contributed by atoms with Gasteiger partial charge in [-0.3, -0.25) is 4.79 Å². The number of hydrogen-bond acceptors (Lipinski definition) is 3. The fourth-order valence-corrected chi connectivity index (χ4v) is 3.61. The number of para-hydroxylation sites is 1. The SMILES string of the molecule is COc1ccccc1/C=C/C(=O)Nc1ccc(OCCC2CCCCC2)cc1. The summed E-state index contributed by atoms with van der Waals surface area (Å²) in [6.07, 6.45) is 11.2. The lowest BCUT2D eigenvalue weighted by Crippen LogP contribution is -2.11. The molecule has 2 aromatic rings. The van der Waals surface area contributed by atoms with Crippen molar-refractivity contribution in [3.63, 3.8) is 0 Å². The van der Waals surface area contributed by atoms with Gasteiger partial charge in [0, 0.05) is 17.3 Å². The highest BCUT2D eigenvalue weighted by atomic mass is 16.5. The number of rotatable bonds is 8. The minimum Gasteiger partial charge on any atom is -0.496 e. The van der Waals surface area contributed by atoms with Crippen molar-refractivity contribution in [2.45, 2.75) is 38.5 Å². The van der Waals surface area contributed by atoms with Gasteiger partial charge >= 0.3 is 0 Å². The molecular formula is C24H29NO3. The molecular weight excluding hydrogens is 350 g/mol. The first-order chi connectivity index (χ1) is 13.7. The van der Waals surface area contributed by atoms with Gasteiger partial charge in [-0.1, -0.05) is 50.3 Å². The van der Waals surface area contributed by atoms with Crippen LogP contribution in [-0.2, 0) is 4.79 Å². The standard InChI is InChI=1S/C24H29NO3/c1-27-23-10-6-5-9-20(23)11-16-24(26)25-21-12-14-22(15-13-21)28-18-17-19-7-3-2-4-8-19/h5-6,9-16,19H,2-4,7-8,17-18H2,1H3,(H,25,26)/b16-11+. The minimum atomic E-state index is -0.183. The monoisotopic (exact) mass is 379 g/mol. The van der Waals surface area contributed by atoms with Crippen LogP contribution in [0.1, 0.15) is 44.1 Å². The predicted octanol–water partition coefficient (Wildman–Crippen LogP) is 5.70. The Hall–Kier alpha value is -2.75. The summed E-state index contributed by atoms with van der Waals surface area (Å²) in [4.78, 5) is 12.1. The molecule has 0 unspecified atom stereocenters. The molecule has 4 nitrogen and oxygen atoms in total. The third-order valence-electron chi connectivity index (χ3n) is 5.19. The summed E-state index contributed by atoms with van der Waals surface area (Å²) in [7, 11) is 1.62. The van der Waals surface area contributed by atoms with Gasteiger partial charge in [0.15, 0.2) is 0 Å². The molecule has 0 bridgehead atoms. The molecule has 0 spiro atoms. The van der Waals surface area contributed by atoms with E-state index >= 15 is 0 Å². The number of amides is 1. The molecule has 3 rings (SSSR count). The summed E-state index contributed by atoms with van der Waals surface area (Å²) < 4.78 is 11.1. The Labute approximate surface area is 167 Å². The highest BCUT2D eigenvalue weighted by Gasteiger charge is 2.13. The molecule has 0 aliphatic heterocycles. The summed E-state index contributed by atoms with van der Waals surface area (Å²) in [5.41, 5.74) is 1.61. The second kappa shape index (κ2) is 10.5. The van der Waals surface area contributed by atoms with Gasteiger partial charge in [0.05, 0.1) is 13.7 Å². The van der Waals surface area contributed by atoms with E-state index in [2.05, 4.69) is 5.32 Å². The van der Waals surface area contributed by atoms with Gasteiger partial charge in [0.25, 0.3) is 0 Å². The Morgan fingerprint density at radius 3 is 2.57 bits per heavy atom. The molecule has 0 saturated heterocycles. The van der Waals surface area contributed by atoms with Crippen LogP contribution in [0.4, 0.5) is 5.69 Å². The van der Waals surface area contributed by atoms with E-state index < -0.39 is 0 Å². The average Bonchev–Trinajstić information content (AvgIpc) is 2.74. The molecule has 1 aliphatic rings. The molecule has 0 atom stereocenters. The number of hydrogen-bond donors (Lipinski definition) is 1. The van der Waals surface area contributed by atoms with Gasteiger partial charge in [0.1, 0.15) is 11.5 Å². The minimum absolute atomic E-state index is 0.183. The number of methoxy groups -OCH3 is 1. The maximum absolute atomic E-state index is 12.1. The molecule has 0 aromatic heterocycles. The molecule has 0 heterocycles. The Balaban J connectivity index is 1.45. The number of nitrogens with one attached hydrogen (secondary N) is 1. The van der Waals surface area contributed by atoms with Crippen molar-refractivity contribution in [2.75, 3.05) is 19.0 Å². The molecule has 4 heteroatoms. The number of carbonyl (C=O) groups excluding carboxylic acids is 1. The highest BCUT2D eigenvalue weighted by Crippen LogP contribution is 2.26. The van der Waals surface area contributed by atoms with E-state index in [4.69, 9.17) is 9.47 Å². The van der Waals surface area contributed by atoms with E-state index in [9.17, 15) is 4.79 Å². The van der Waals surface area contributed by atoms with Gasteiger partial charge in [-0.05, 0) is 48.7 Å². The summed E-state index contributed by atoms with van der Waals surface area (Å²) in [6.45, 7) is 0.762. The van der Waals surface area contributed by atoms with Crippen molar-refractivity contribution >= 4 is 17.7 Å². The van der Waals surface area contributed by atoms with E-state index in [1.54, 1.807) is 13.2 Å². The second-order valence-electron chi connectivity index (χ2n) is 7.23. The Bertz CT molecular complexity index is 777. The summed E-state index contributed by atoms with van der Waals surface area (Å²) in [5.74, 6) is 2.22. The molecule has 2 aromatic carbocycles. The van der Waals surface area contributed by atoms with E-state index in [0.29, 0.717) is 0 Å². The van der Waals surface area contributed by atoms with Gasteiger partial charge < -0.3 is 14.8 Å². The Morgan fingerprint density at radius 1 is 1.07 bits per heavy atom. The van der Waals surface area contributed by atoms with Crippen LogP contribution in [0.3, 0.4) is 0 Å². The van der Waals surface area contributed by atoms with Crippen molar-refractivity contribution in [3.8, 4) is 11.5 Å². The number of benzene rings is 2. The van der Waals surface area contributed by atoms with E-state index in [1.165, 1.54) is 38.2 Å². The molecule has 0 radical (unpaired) electrons. The third-order valence-corrected chi connectivity index (χ3v) is 5.19. The van der Waals surface area contributed by atoms with Crippen molar-refractivity contribution in [1.29, 1.82) is 0 Å². The van der Waals surface area contributed by atoms with Crippen LogP contribution >= 0.6 is 0 Å². The smallest absolute Gasteiger partial charge is 0.248 e. The van der Waals surface area contributed by atoms with Crippen LogP contribution in [0.25, 0.3) is 6.08 Å². The van der Waals surface area contributed by atoms with Gasteiger partial charge in [-0.2, -0.15) is 0 Å². The van der Waals surface area contributed by atoms with Crippen molar-refractivity contribution in [2.24, 2.45) is 5.92 Å². The average molecular weight is 380 g/mol. The van der Waals surface area contributed by atoms with Crippen LogP contribution in [0.2, 0.25) is 0 Å².